The Morgan fingerprint density at radius 3 is 2.76 bits per heavy atom. The number of nitrogens with zero attached hydrogens (tertiary/aromatic N) is 2. The molecule has 25 heavy (non-hydrogen) atoms. The largest absolute Gasteiger partial charge is 0.486 e. The number of thiazole rings is 1. The van der Waals surface area contributed by atoms with Crippen molar-refractivity contribution in [2.45, 2.75) is 0 Å². The fraction of sp³-hybridized carbons (Fsp3) is 0.353. The fourth-order valence-electron chi connectivity index (χ4n) is 2.86. The number of carbonyl (C=O) groups excluding carboxylic acids is 2. The SMILES string of the molecule is CNC(=O)C1CN(C(=O)c2csc(-c3ccc4c(c3)OCCO4)n2)C1. The van der Waals surface area contributed by atoms with Gasteiger partial charge in [0, 0.05) is 31.1 Å². The molecule has 7 nitrogen and oxygen atoms in total. The van der Waals surface area contributed by atoms with Crippen molar-refractivity contribution in [2.24, 2.45) is 5.92 Å². The maximum atomic E-state index is 12.5. The van der Waals surface area contributed by atoms with Crippen LogP contribution in [0.25, 0.3) is 10.6 Å². The quantitative estimate of drug-likeness (QED) is 0.896. The zero-order chi connectivity index (χ0) is 17.4. The number of hydrogen-bond acceptors (Lipinski definition) is 6. The highest BCUT2D eigenvalue weighted by Gasteiger charge is 2.36. The summed E-state index contributed by atoms with van der Waals surface area (Å²) in [4.78, 5) is 30.1. The summed E-state index contributed by atoms with van der Waals surface area (Å²) in [6, 6.07) is 5.65. The Labute approximate surface area is 148 Å². The highest BCUT2D eigenvalue weighted by Crippen LogP contribution is 2.35. The predicted molar refractivity (Wildman–Crippen MR) is 92.0 cm³/mol. The third-order valence-electron chi connectivity index (χ3n) is 4.30. The van der Waals surface area contributed by atoms with Crippen LogP contribution >= 0.6 is 11.3 Å². The van der Waals surface area contributed by atoms with Crippen LogP contribution < -0.4 is 14.8 Å². The van der Waals surface area contributed by atoms with Crippen molar-refractivity contribution in [1.29, 1.82) is 0 Å². The third kappa shape index (κ3) is 2.93. The molecular formula is C17H17N3O4S. The Morgan fingerprint density at radius 1 is 1.24 bits per heavy atom. The van der Waals surface area contributed by atoms with Gasteiger partial charge in [-0.1, -0.05) is 0 Å². The lowest BCUT2D eigenvalue weighted by molar-refractivity contribution is -0.128. The molecule has 0 saturated carbocycles. The number of likely N-dealkylation sites (tertiary alicyclic amines) is 1. The summed E-state index contributed by atoms with van der Waals surface area (Å²) in [5, 5.41) is 5.11. The normalized spacial score (nSPS) is 16.3. The minimum Gasteiger partial charge on any atom is -0.486 e. The number of amides is 2. The van der Waals surface area contributed by atoms with Gasteiger partial charge in [0.15, 0.2) is 11.5 Å². The van der Waals surface area contributed by atoms with Crippen LogP contribution in [0.5, 0.6) is 11.5 Å². The van der Waals surface area contributed by atoms with Gasteiger partial charge in [0.1, 0.15) is 23.9 Å². The van der Waals surface area contributed by atoms with Crippen molar-refractivity contribution in [3.8, 4) is 22.1 Å². The van der Waals surface area contributed by atoms with Gasteiger partial charge in [-0.25, -0.2) is 4.98 Å². The average Bonchev–Trinajstić information content (AvgIpc) is 3.10. The van der Waals surface area contributed by atoms with E-state index in [1.807, 2.05) is 18.2 Å². The van der Waals surface area contributed by atoms with Gasteiger partial charge in [0.25, 0.3) is 5.91 Å². The highest BCUT2D eigenvalue weighted by molar-refractivity contribution is 7.13. The number of fused-ring (bicyclic) bond motifs is 1. The molecular weight excluding hydrogens is 342 g/mol. The zero-order valence-electron chi connectivity index (χ0n) is 13.7. The highest BCUT2D eigenvalue weighted by atomic mass is 32.1. The summed E-state index contributed by atoms with van der Waals surface area (Å²) in [7, 11) is 1.60. The Hall–Kier alpha value is -2.61. The van der Waals surface area contributed by atoms with Crippen LogP contribution in [-0.2, 0) is 4.79 Å². The van der Waals surface area contributed by atoms with Crippen molar-refractivity contribution < 1.29 is 19.1 Å². The smallest absolute Gasteiger partial charge is 0.273 e. The molecule has 2 aliphatic rings. The van der Waals surface area contributed by atoms with Gasteiger partial charge in [0.05, 0.1) is 5.92 Å². The van der Waals surface area contributed by atoms with Crippen LogP contribution in [0, 0.1) is 5.92 Å². The number of nitrogens with one attached hydrogen (secondary N) is 1. The van der Waals surface area contributed by atoms with Crippen molar-refractivity contribution in [1.82, 2.24) is 15.2 Å². The van der Waals surface area contributed by atoms with E-state index in [1.54, 1.807) is 17.3 Å². The molecule has 2 aliphatic heterocycles. The molecule has 1 aromatic carbocycles. The number of ether oxygens (including phenoxy) is 2. The van der Waals surface area contributed by atoms with Crippen LogP contribution in [0.3, 0.4) is 0 Å². The molecule has 8 heteroatoms. The standard InChI is InChI=1S/C17H17N3O4S/c1-18-15(21)11-7-20(8-11)17(22)12-9-25-16(19-12)10-2-3-13-14(6-10)24-5-4-23-13/h2-3,6,9,11H,4-5,7-8H2,1H3,(H,18,21). The lowest BCUT2D eigenvalue weighted by atomic mass is 9.99. The Morgan fingerprint density at radius 2 is 2.00 bits per heavy atom. The zero-order valence-corrected chi connectivity index (χ0v) is 14.5. The fourth-order valence-corrected chi connectivity index (χ4v) is 3.65. The van der Waals surface area contributed by atoms with E-state index < -0.39 is 0 Å². The van der Waals surface area contributed by atoms with Gasteiger partial charge in [-0.2, -0.15) is 0 Å². The molecule has 0 spiro atoms. The molecule has 1 fully saturated rings. The van der Waals surface area contributed by atoms with E-state index in [1.165, 1.54) is 11.3 Å². The minimum absolute atomic E-state index is 0.0284. The molecule has 0 bridgehead atoms. The number of aromatic nitrogens is 1. The van der Waals surface area contributed by atoms with Crippen molar-refractivity contribution in [2.75, 3.05) is 33.4 Å². The summed E-state index contributed by atoms with van der Waals surface area (Å²) in [6.45, 7) is 1.96. The number of benzene rings is 1. The van der Waals surface area contributed by atoms with Gasteiger partial charge in [-0.05, 0) is 18.2 Å². The lowest BCUT2D eigenvalue weighted by Crippen LogP contribution is -2.55. The number of hydrogen-bond donors (Lipinski definition) is 1. The maximum Gasteiger partial charge on any atom is 0.273 e. The van der Waals surface area contributed by atoms with E-state index in [4.69, 9.17) is 9.47 Å². The maximum absolute atomic E-state index is 12.5. The van der Waals surface area contributed by atoms with Crippen LogP contribution in [-0.4, -0.2) is 55.0 Å². The molecule has 3 heterocycles. The molecule has 1 saturated heterocycles. The van der Waals surface area contributed by atoms with Gasteiger partial charge in [-0.15, -0.1) is 11.3 Å². The second-order valence-electron chi connectivity index (χ2n) is 5.92. The van der Waals surface area contributed by atoms with Crippen LogP contribution in [0.4, 0.5) is 0 Å². The second kappa shape index (κ2) is 6.36. The minimum atomic E-state index is -0.139. The van der Waals surface area contributed by atoms with Gasteiger partial charge < -0.3 is 19.7 Å². The lowest BCUT2D eigenvalue weighted by Gasteiger charge is -2.37. The van der Waals surface area contributed by atoms with E-state index in [0.717, 1.165) is 16.3 Å². The number of rotatable bonds is 3. The van der Waals surface area contributed by atoms with E-state index in [-0.39, 0.29) is 17.7 Å². The molecule has 0 atom stereocenters. The van der Waals surface area contributed by atoms with Crippen LogP contribution in [0.1, 0.15) is 10.5 Å². The third-order valence-corrected chi connectivity index (χ3v) is 5.19. The van der Waals surface area contributed by atoms with Crippen molar-refractivity contribution in [3.05, 3.63) is 29.3 Å². The first-order valence-corrected chi connectivity index (χ1v) is 8.90. The van der Waals surface area contributed by atoms with E-state index >= 15 is 0 Å². The number of carbonyl (C=O) groups is 2. The average molecular weight is 359 g/mol. The Balaban J connectivity index is 1.47. The van der Waals surface area contributed by atoms with E-state index in [2.05, 4.69) is 10.3 Å². The molecule has 0 unspecified atom stereocenters. The molecule has 4 rings (SSSR count). The molecule has 2 amide bonds. The van der Waals surface area contributed by atoms with Gasteiger partial charge >= 0.3 is 0 Å². The van der Waals surface area contributed by atoms with Crippen molar-refractivity contribution in [3.63, 3.8) is 0 Å². The summed E-state index contributed by atoms with van der Waals surface area (Å²) in [5.74, 6) is 1.14. The summed E-state index contributed by atoms with van der Waals surface area (Å²) in [6.07, 6.45) is 0. The molecule has 0 radical (unpaired) electrons. The van der Waals surface area contributed by atoms with Crippen LogP contribution in [0.15, 0.2) is 23.6 Å². The monoisotopic (exact) mass is 359 g/mol. The Kier molecular flexibility index (Phi) is 4.04. The van der Waals surface area contributed by atoms with Gasteiger partial charge in [0.2, 0.25) is 5.91 Å². The van der Waals surface area contributed by atoms with E-state index in [9.17, 15) is 9.59 Å². The molecule has 0 aliphatic carbocycles. The predicted octanol–water partition coefficient (Wildman–Crippen LogP) is 1.40. The molecule has 2 aromatic rings. The first kappa shape index (κ1) is 15.9. The first-order chi connectivity index (χ1) is 12.2. The molecule has 1 N–H and O–H groups in total. The van der Waals surface area contributed by atoms with Crippen molar-refractivity contribution >= 4 is 23.2 Å². The molecule has 1 aromatic heterocycles. The second-order valence-corrected chi connectivity index (χ2v) is 6.78. The Bertz CT molecular complexity index is 829. The first-order valence-electron chi connectivity index (χ1n) is 8.02. The summed E-state index contributed by atoms with van der Waals surface area (Å²) < 4.78 is 11.1. The topological polar surface area (TPSA) is 80.8 Å². The summed E-state index contributed by atoms with van der Waals surface area (Å²) >= 11 is 1.41. The molecule has 130 valence electrons. The van der Waals surface area contributed by atoms with Crippen LogP contribution in [0.2, 0.25) is 0 Å². The van der Waals surface area contributed by atoms with Gasteiger partial charge in [-0.3, -0.25) is 9.59 Å². The summed E-state index contributed by atoms with van der Waals surface area (Å²) in [5.41, 5.74) is 1.30. The van der Waals surface area contributed by atoms with E-state index in [0.29, 0.717) is 37.7 Å².